The van der Waals surface area contributed by atoms with E-state index in [4.69, 9.17) is 15.0 Å². The van der Waals surface area contributed by atoms with Crippen molar-refractivity contribution in [2.75, 3.05) is 24.6 Å². The van der Waals surface area contributed by atoms with Crippen molar-refractivity contribution in [1.29, 1.82) is 5.26 Å². The Bertz CT molecular complexity index is 867. The number of anilines is 1. The first-order valence-corrected chi connectivity index (χ1v) is 10.5. The molecule has 2 aliphatic heterocycles. The van der Waals surface area contributed by atoms with Crippen molar-refractivity contribution < 1.29 is 17.7 Å². The summed E-state index contributed by atoms with van der Waals surface area (Å²) in [4.78, 5) is 0. The number of rotatable bonds is 5. The Balaban J connectivity index is 1.89. The zero-order valence-electron chi connectivity index (χ0n) is 16.4. The highest BCUT2D eigenvalue weighted by molar-refractivity contribution is 7.89. The van der Waals surface area contributed by atoms with Gasteiger partial charge in [-0.1, -0.05) is 0 Å². The molecular weight excluding hydrogens is 369 g/mol. The van der Waals surface area contributed by atoms with Crippen LogP contribution in [0.5, 0.6) is 0 Å². The standard InChI is InChI=1S/C16H26BN5O4S/c1-6-27(23,24)21-10-16(11-21,7-8-18)22-9-12(13(19)20-22)17-25-14(2,3)15(4,5)26-17/h9H,6-7,10-11H2,1-5H3,(H2,19,20). The summed E-state index contributed by atoms with van der Waals surface area (Å²) in [7, 11) is -3.97. The molecule has 1 aromatic rings. The normalized spacial score (nSPS) is 23.8. The van der Waals surface area contributed by atoms with Crippen LogP contribution in [0.25, 0.3) is 0 Å². The predicted molar refractivity (Wildman–Crippen MR) is 102 cm³/mol. The topological polar surface area (TPSA) is 123 Å². The number of nitrogen functional groups attached to an aromatic ring is 1. The molecule has 0 bridgehead atoms. The van der Waals surface area contributed by atoms with E-state index < -0.39 is 33.9 Å². The van der Waals surface area contributed by atoms with Crippen molar-refractivity contribution >= 4 is 28.4 Å². The molecule has 2 saturated heterocycles. The molecule has 148 valence electrons. The van der Waals surface area contributed by atoms with Crippen LogP contribution >= 0.6 is 0 Å². The van der Waals surface area contributed by atoms with Gasteiger partial charge < -0.3 is 15.0 Å². The molecule has 1 aromatic heterocycles. The van der Waals surface area contributed by atoms with E-state index in [2.05, 4.69) is 11.2 Å². The molecule has 2 aliphatic rings. The van der Waals surface area contributed by atoms with Crippen LogP contribution < -0.4 is 11.2 Å². The highest BCUT2D eigenvalue weighted by Crippen LogP contribution is 2.38. The monoisotopic (exact) mass is 395 g/mol. The average Bonchev–Trinajstić information content (AvgIpc) is 3.00. The highest BCUT2D eigenvalue weighted by Gasteiger charge is 2.54. The summed E-state index contributed by atoms with van der Waals surface area (Å²) < 4.78 is 39.2. The van der Waals surface area contributed by atoms with Crippen molar-refractivity contribution in [3.63, 3.8) is 0 Å². The fourth-order valence-electron chi connectivity index (χ4n) is 3.27. The largest absolute Gasteiger partial charge is 0.500 e. The molecule has 0 aromatic carbocycles. The van der Waals surface area contributed by atoms with E-state index in [9.17, 15) is 13.7 Å². The van der Waals surface area contributed by atoms with Crippen molar-refractivity contribution in [1.82, 2.24) is 14.1 Å². The van der Waals surface area contributed by atoms with Gasteiger partial charge in [0.1, 0.15) is 11.4 Å². The molecule has 0 amide bonds. The Hall–Kier alpha value is -1.61. The molecular formula is C16H26BN5O4S. The van der Waals surface area contributed by atoms with Gasteiger partial charge in [0.15, 0.2) is 0 Å². The molecule has 0 unspecified atom stereocenters. The van der Waals surface area contributed by atoms with Crippen molar-refractivity contribution in [3.8, 4) is 6.07 Å². The van der Waals surface area contributed by atoms with Crippen LogP contribution in [-0.2, 0) is 24.9 Å². The van der Waals surface area contributed by atoms with Gasteiger partial charge in [0.2, 0.25) is 10.0 Å². The molecule has 2 fully saturated rings. The van der Waals surface area contributed by atoms with E-state index >= 15 is 0 Å². The zero-order valence-corrected chi connectivity index (χ0v) is 17.2. The third-order valence-electron chi connectivity index (χ3n) is 5.87. The summed E-state index contributed by atoms with van der Waals surface area (Å²) in [5.74, 6) is 0.276. The first-order chi connectivity index (χ1) is 12.4. The van der Waals surface area contributed by atoms with Crippen molar-refractivity contribution in [2.45, 2.75) is 57.8 Å². The second-order valence-electron chi connectivity index (χ2n) is 8.23. The Kier molecular flexibility index (Phi) is 4.63. The highest BCUT2D eigenvalue weighted by atomic mass is 32.2. The van der Waals surface area contributed by atoms with Gasteiger partial charge in [-0.05, 0) is 34.6 Å². The van der Waals surface area contributed by atoms with E-state index in [-0.39, 0.29) is 31.1 Å². The Morgan fingerprint density at radius 3 is 2.33 bits per heavy atom. The predicted octanol–water partition coefficient (Wildman–Crippen LogP) is 0.0388. The van der Waals surface area contributed by atoms with Gasteiger partial charge in [-0.2, -0.15) is 14.7 Å². The quantitative estimate of drug-likeness (QED) is 0.698. The molecule has 9 nitrogen and oxygen atoms in total. The molecule has 11 heteroatoms. The van der Waals surface area contributed by atoms with Crippen molar-refractivity contribution in [3.05, 3.63) is 6.20 Å². The number of sulfonamides is 1. The lowest BCUT2D eigenvalue weighted by atomic mass is 9.80. The number of hydrogen-bond acceptors (Lipinski definition) is 7. The van der Waals surface area contributed by atoms with Gasteiger partial charge >= 0.3 is 7.12 Å². The van der Waals surface area contributed by atoms with Gasteiger partial charge in [0, 0.05) is 24.7 Å². The summed E-state index contributed by atoms with van der Waals surface area (Å²) >= 11 is 0. The maximum Gasteiger partial charge on any atom is 0.500 e. The maximum absolute atomic E-state index is 12.1. The van der Waals surface area contributed by atoms with Crippen molar-refractivity contribution in [2.24, 2.45) is 0 Å². The first kappa shape index (κ1) is 20.1. The molecule has 2 N–H and O–H groups in total. The lowest BCUT2D eigenvalue weighted by Crippen LogP contribution is -2.64. The fraction of sp³-hybridized carbons (Fsp3) is 0.750. The van der Waals surface area contributed by atoms with Crippen LogP contribution in [0, 0.1) is 11.3 Å². The van der Waals surface area contributed by atoms with Crippen LogP contribution in [0.3, 0.4) is 0 Å². The minimum absolute atomic E-state index is 0.0239. The summed E-state index contributed by atoms with van der Waals surface area (Å²) in [5.41, 5.74) is 4.94. The van der Waals surface area contributed by atoms with Gasteiger partial charge in [0.05, 0.1) is 29.4 Å². The Labute approximate surface area is 160 Å². The Morgan fingerprint density at radius 1 is 1.30 bits per heavy atom. The molecule has 0 radical (unpaired) electrons. The summed E-state index contributed by atoms with van der Waals surface area (Å²) in [6.45, 7) is 9.78. The second-order valence-corrected chi connectivity index (χ2v) is 10.5. The van der Waals surface area contributed by atoms with Gasteiger partial charge in [-0.25, -0.2) is 8.42 Å². The van der Waals surface area contributed by atoms with E-state index in [0.29, 0.717) is 5.46 Å². The van der Waals surface area contributed by atoms with E-state index in [1.54, 1.807) is 17.8 Å². The number of nitrogens with zero attached hydrogens (tertiary/aromatic N) is 4. The first-order valence-electron chi connectivity index (χ1n) is 8.93. The van der Waals surface area contributed by atoms with Gasteiger partial charge in [-0.15, -0.1) is 0 Å². The number of aromatic nitrogens is 2. The summed E-state index contributed by atoms with van der Waals surface area (Å²) in [5, 5.41) is 13.6. The number of nitrogens with two attached hydrogens (primary N) is 1. The SMILES string of the molecule is CCS(=O)(=O)N1CC(CC#N)(n2cc(B3OC(C)(C)C(C)(C)O3)c(N)n2)C1. The molecule has 0 spiro atoms. The smallest absolute Gasteiger partial charge is 0.399 e. The van der Waals surface area contributed by atoms with Gasteiger partial charge in [0.25, 0.3) is 0 Å². The van der Waals surface area contributed by atoms with E-state index in [1.165, 1.54) is 4.31 Å². The third kappa shape index (κ3) is 3.14. The lowest BCUT2D eigenvalue weighted by Gasteiger charge is -2.47. The van der Waals surface area contributed by atoms with Crippen LogP contribution in [0.15, 0.2) is 6.20 Å². The molecule has 0 atom stereocenters. The molecule has 0 aliphatic carbocycles. The zero-order chi connectivity index (χ0) is 20.3. The fourth-order valence-corrected chi connectivity index (χ4v) is 4.51. The van der Waals surface area contributed by atoms with Crippen LogP contribution in [0.2, 0.25) is 0 Å². The van der Waals surface area contributed by atoms with E-state index in [0.717, 1.165) is 0 Å². The average molecular weight is 395 g/mol. The maximum atomic E-state index is 12.1. The minimum atomic E-state index is -3.31. The van der Waals surface area contributed by atoms with Gasteiger partial charge in [-0.3, -0.25) is 4.68 Å². The third-order valence-corrected chi connectivity index (χ3v) is 7.65. The molecule has 3 heterocycles. The molecule has 3 rings (SSSR count). The van der Waals surface area contributed by atoms with Crippen LogP contribution in [0.1, 0.15) is 41.0 Å². The number of hydrogen-bond donors (Lipinski definition) is 1. The lowest BCUT2D eigenvalue weighted by molar-refractivity contribution is 0.00578. The molecule has 0 saturated carbocycles. The Morgan fingerprint density at radius 2 is 1.85 bits per heavy atom. The number of nitriles is 1. The second kappa shape index (κ2) is 6.20. The van der Waals surface area contributed by atoms with Crippen LogP contribution in [0.4, 0.5) is 5.82 Å². The molecule has 27 heavy (non-hydrogen) atoms. The summed E-state index contributed by atoms with van der Waals surface area (Å²) in [6.07, 6.45) is 1.84. The summed E-state index contributed by atoms with van der Waals surface area (Å²) in [6, 6.07) is 2.14. The van der Waals surface area contributed by atoms with E-state index in [1.807, 2.05) is 27.7 Å². The van der Waals surface area contributed by atoms with Crippen LogP contribution in [-0.4, -0.2) is 59.7 Å². The minimum Gasteiger partial charge on any atom is -0.399 e.